The predicted molar refractivity (Wildman–Crippen MR) is 257 cm³/mol. The van der Waals surface area contributed by atoms with E-state index in [0.717, 1.165) is 38.3 Å². The highest BCUT2D eigenvalue weighted by atomic mass is 32.2. The first kappa shape index (κ1) is 48.3. The van der Waals surface area contributed by atoms with Crippen molar-refractivity contribution in [1.82, 2.24) is 0 Å². The standard InChI is InChI=1S/C56H60O10S/c1-39-29-31-47(32-30-39)67-56-54(62-37-46-27-17-8-18-28-46)52(50(64-41(3)57)48(65-56)38-58-33-42-19-9-4-10-20-42)66-55-53(61-36-45-25-15-7-16-26-45)51(60-35-44-23-13-6-14-24-44)49(40(2)63-55)59-34-43-21-11-5-12-22-43/h4-32,40,48-56H,33-38H2,1-3H3/t40-,48+,49+,50-,51+,52-,53-,54+,55-,56-/m0/s1. The molecule has 0 N–H and O–H groups in total. The second kappa shape index (κ2) is 24.7. The first-order valence-electron chi connectivity index (χ1n) is 23.0. The summed E-state index contributed by atoms with van der Waals surface area (Å²) in [5.74, 6) is -0.505. The van der Waals surface area contributed by atoms with Crippen LogP contribution in [0.2, 0.25) is 0 Å². The molecule has 2 saturated heterocycles. The van der Waals surface area contributed by atoms with Gasteiger partial charge < -0.3 is 42.6 Å². The SMILES string of the molecule is CC(=O)O[C@@H]1[C@H](O[C@@H]2O[C@@H](C)[C@@H](OCc3ccccc3)[C@@H](OCc3ccccc3)[C@@H]2OCc2ccccc2)[C@@H](OCc2ccccc2)[C@H](Sc2ccc(C)cc2)O[C@@H]1COCc1ccccc1. The van der Waals surface area contributed by atoms with Crippen molar-refractivity contribution in [3.8, 4) is 0 Å². The Morgan fingerprint density at radius 1 is 0.493 bits per heavy atom. The molecular weight excluding hydrogens is 865 g/mol. The van der Waals surface area contributed by atoms with Crippen molar-refractivity contribution in [2.75, 3.05) is 6.61 Å². The number of aryl methyl sites for hydroxylation is 1. The zero-order valence-corrected chi connectivity index (χ0v) is 39.1. The van der Waals surface area contributed by atoms with E-state index in [2.05, 4.69) is 31.2 Å². The van der Waals surface area contributed by atoms with Crippen LogP contribution in [0.1, 0.15) is 47.2 Å². The molecule has 6 aromatic carbocycles. The van der Waals surface area contributed by atoms with Gasteiger partial charge >= 0.3 is 5.97 Å². The Morgan fingerprint density at radius 3 is 1.40 bits per heavy atom. The van der Waals surface area contributed by atoms with Gasteiger partial charge in [0.1, 0.15) is 42.1 Å². The Hall–Kier alpha value is -5.18. The van der Waals surface area contributed by atoms with Gasteiger partial charge in [0.15, 0.2) is 12.4 Å². The summed E-state index contributed by atoms with van der Waals surface area (Å²) in [6, 6.07) is 58.1. The summed E-state index contributed by atoms with van der Waals surface area (Å²) in [4.78, 5) is 14.2. The van der Waals surface area contributed by atoms with Crippen LogP contribution < -0.4 is 0 Å². The number of thioether (sulfide) groups is 1. The third-order valence-electron chi connectivity index (χ3n) is 11.7. The number of hydrogen-bond donors (Lipinski definition) is 0. The van der Waals surface area contributed by atoms with E-state index in [-0.39, 0.29) is 26.4 Å². The van der Waals surface area contributed by atoms with E-state index >= 15 is 0 Å². The minimum atomic E-state index is -1.06. The molecule has 10 atom stereocenters. The van der Waals surface area contributed by atoms with Crippen LogP contribution in [0.5, 0.6) is 0 Å². The van der Waals surface area contributed by atoms with Crippen molar-refractivity contribution in [2.45, 2.75) is 119 Å². The summed E-state index contributed by atoms with van der Waals surface area (Å²) in [7, 11) is 0. The summed E-state index contributed by atoms with van der Waals surface area (Å²) in [5.41, 5.74) is 5.40. The minimum Gasteiger partial charge on any atom is -0.457 e. The molecule has 6 aromatic rings. The van der Waals surface area contributed by atoms with Gasteiger partial charge in [-0.25, -0.2) is 0 Å². The molecule has 0 bridgehead atoms. The molecule has 0 unspecified atom stereocenters. The third-order valence-corrected chi connectivity index (χ3v) is 12.9. The van der Waals surface area contributed by atoms with E-state index in [1.165, 1.54) is 18.7 Å². The maximum Gasteiger partial charge on any atom is 0.303 e. The predicted octanol–water partition coefficient (Wildman–Crippen LogP) is 10.4. The van der Waals surface area contributed by atoms with Crippen LogP contribution in [0.3, 0.4) is 0 Å². The highest BCUT2D eigenvalue weighted by Crippen LogP contribution is 2.40. The van der Waals surface area contributed by atoms with Crippen molar-refractivity contribution in [3.05, 3.63) is 209 Å². The van der Waals surface area contributed by atoms with Gasteiger partial charge in [0.2, 0.25) is 0 Å². The largest absolute Gasteiger partial charge is 0.457 e. The maximum atomic E-state index is 13.2. The Bertz CT molecular complexity index is 2340. The van der Waals surface area contributed by atoms with Crippen LogP contribution in [-0.4, -0.2) is 73.1 Å². The molecule has 10 nitrogen and oxygen atoms in total. The molecule has 8 rings (SSSR count). The van der Waals surface area contributed by atoms with Crippen molar-refractivity contribution >= 4 is 17.7 Å². The molecule has 0 radical (unpaired) electrons. The smallest absolute Gasteiger partial charge is 0.303 e. The summed E-state index contributed by atoms with van der Waals surface area (Å²) >= 11 is 1.52. The topological polar surface area (TPSA) is 100 Å². The van der Waals surface area contributed by atoms with Crippen molar-refractivity contribution in [1.29, 1.82) is 0 Å². The number of rotatable bonds is 21. The van der Waals surface area contributed by atoms with Gasteiger partial charge in [0, 0.05) is 11.8 Å². The quantitative estimate of drug-likeness (QED) is 0.0645. The Balaban J connectivity index is 1.18. The van der Waals surface area contributed by atoms with E-state index in [0.29, 0.717) is 13.2 Å². The second-order valence-corrected chi connectivity index (χ2v) is 18.1. The van der Waals surface area contributed by atoms with E-state index < -0.39 is 66.5 Å². The van der Waals surface area contributed by atoms with E-state index in [9.17, 15) is 4.79 Å². The zero-order valence-electron chi connectivity index (χ0n) is 38.3. The summed E-state index contributed by atoms with van der Waals surface area (Å²) in [6.45, 7) is 6.90. The summed E-state index contributed by atoms with van der Waals surface area (Å²) in [6.07, 6.45) is -7.20. The summed E-state index contributed by atoms with van der Waals surface area (Å²) in [5, 5.41) is 0. The summed E-state index contributed by atoms with van der Waals surface area (Å²) < 4.78 is 61.5. The fourth-order valence-electron chi connectivity index (χ4n) is 8.29. The van der Waals surface area contributed by atoms with E-state index in [4.69, 9.17) is 42.6 Å². The molecule has 2 heterocycles. The molecule has 350 valence electrons. The molecule has 2 fully saturated rings. The Kier molecular flexibility index (Phi) is 17.8. The number of esters is 1. The number of benzene rings is 6. The van der Waals surface area contributed by atoms with Crippen LogP contribution in [0, 0.1) is 6.92 Å². The lowest BCUT2D eigenvalue weighted by molar-refractivity contribution is -0.352. The van der Waals surface area contributed by atoms with Crippen LogP contribution in [0.15, 0.2) is 181 Å². The van der Waals surface area contributed by atoms with Gasteiger partial charge in [0.05, 0.1) is 45.7 Å². The number of carbonyl (C=O) groups excluding carboxylic acids is 1. The lowest BCUT2D eigenvalue weighted by atomic mass is 9.96. The first-order valence-corrected chi connectivity index (χ1v) is 23.8. The van der Waals surface area contributed by atoms with Crippen molar-refractivity contribution in [2.24, 2.45) is 0 Å². The van der Waals surface area contributed by atoms with Gasteiger partial charge in [-0.3, -0.25) is 4.79 Å². The maximum absolute atomic E-state index is 13.2. The van der Waals surface area contributed by atoms with E-state index in [1.54, 1.807) is 0 Å². The van der Waals surface area contributed by atoms with Gasteiger partial charge in [-0.2, -0.15) is 0 Å². The van der Waals surface area contributed by atoms with Crippen LogP contribution in [0.4, 0.5) is 0 Å². The Labute approximate surface area is 398 Å². The molecule has 0 aliphatic carbocycles. The van der Waals surface area contributed by atoms with Crippen LogP contribution in [0.25, 0.3) is 0 Å². The lowest BCUT2D eigenvalue weighted by Gasteiger charge is -2.49. The molecule has 67 heavy (non-hydrogen) atoms. The molecule has 0 amide bonds. The van der Waals surface area contributed by atoms with Crippen molar-refractivity contribution in [3.63, 3.8) is 0 Å². The van der Waals surface area contributed by atoms with Crippen molar-refractivity contribution < 1.29 is 47.4 Å². The average Bonchev–Trinajstić information content (AvgIpc) is 3.35. The number of carbonyl (C=O) groups is 1. The van der Waals surface area contributed by atoms with Crippen LogP contribution >= 0.6 is 11.8 Å². The highest BCUT2D eigenvalue weighted by Gasteiger charge is 2.54. The van der Waals surface area contributed by atoms with Gasteiger partial charge in [0.25, 0.3) is 0 Å². The first-order chi connectivity index (χ1) is 32.9. The van der Waals surface area contributed by atoms with E-state index in [1.807, 2.05) is 159 Å². The monoisotopic (exact) mass is 924 g/mol. The molecule has 2 aliphatic rings. The van der Waals surface area contributed by atoms with Gasteiger partial charge in [-0.15, -0.1) is 0 Å². The van der Waals surface area contributed by atoms with Gasteiger partial charge in [-0.05, 0) is 53.8 Å². The molecular formula is C56H60O10S. The molecule has 0 saturated carbocycles. The zero-order chi connectivity index (χ0) is 46.2. The normalized spacial score (nSPS) is 25.1. The number of ether oxygens (including phenoxy) is 9. The Morgan fingerprint density at radius 2 is 0.925 bits per heavy atom. The molecule has 0 spiro atoms. The molecule has 11 heteroatoms. The van der Waals surface area contributed by atoms with Gasteiger partial charge in [-0.1, -0.05) is 181 Å². The fourth-order valence-corrected chi connectivity index (χ4v) is 9.42. The third kappa shape index (κ3) is 13.9. The average molecular weight is 925 g/mol. The number of hydrogen-bond acceptors (Lipinski definition) is 11. The molecule has 2 aliphatic heterocycles. The minimum absolute atomic E-state index is 0.0944. The fraction of sp³-hybridized carbons (Fsp3) is 0.339. The molecule has 0 aromatic heterocycles. The second-order valence-electron chi connectivity index (χ2n) is 16.9. The lowest BCUT2D eigenvalue weighted by Crippen LogP contribution is -2.65. The highest BCUT2D eigenvalue weighted by molar-refractivity contribution is 7.99. The van der Waals surface area contributed by atoms with Crippen LogP contribution in [-0.2, 0) is 80.5 Å².